The molecule has 2 aliphatic heterocycles. The Morgan fingerprint density at radius 3 is 2.81 bits per heavy atom. The molecule has 7 nitrogen and oxygen atoms in total. The number of aliphatic hydroxyl groups is 1. The molecule has 2 fully saturated rings. The minimum atomic E-state index is -3.22. The average molecular weight is 378 g/mol. The van der Waals surface area contributed by atoms with Gasteiger partial charge in [-0.15, -0.1) is 0 Å². The van der Waals surface area contributed by atoms with Crippen LogP contribution in [-0.2, 0) is 16.6 Å². The van der Waals surface area contributed by atoms with E-state index in [0.717, 1.165) is 23.6 Å². The Bertz CT molecular complexity index is 926. The number of aryl methyl sites for hydroxylation is 1. The number of sulfonamides is 1. The number of imidazole rings is 1. The van der Waals surface area contributed by atoms with Crippen molar-refractivity contribution in [3.05, 3.63) is 35.9 Å². The van der Waals surface area contributed by atoms with E-state index in [9.17, 15) is 13.5 Å². The number of hydrogen-bond acceptors (Lipinski definition) is 5. The first-order chi connectivity index (χ1) is 12.3. The molecule has 2 saturated heterocycles. The van der Waals surface area contributed by atoms with Crippen molar-refractivity contribution in [2.75, 3.05) is 32.4 Å². The Morgan fingerprint density at radius 2 is 2.04 bits per heavy atom. The first kappa shape index (κ1) is 17.9. The summed E-state index contributed by atoms with van der Waals surface area (Å²) in [6, 6.07) is 6.08. The van der Waals surface area contributed by atoms with Crippen molar-refractivity contribution in [1.29, 1.82) is 0 Å². The van der Waals surface area contributed by atoms with E-state index in [4.69, 9.17) is 4.98 Å². The standard InChI is InChI=1S/C18H26N4O3S/c1-14-19-16(17-5-3-4-8-22(14)17)13-20-9-6-18(23)7-10-21(26(2,24)25)12-15(18)11-20/h3-5,8,15,23H,6-7,9-13H2,1-2H3/t15-,18-/m1/s1. The number of piperidine rings is 2. The van der Waals surface area contributed by atoms with Crippen LogP contribution in [0.4, 0.5) is 0 Å². The maximum atomic E-state index is 11.9. The highest BCUT2D eigenvalue weighted by atomic mass is 32.2. The fourth-order valence-electron chi connectivity index (χ4n) is 4.38. The highest BCUT2D eigenvalue weighted by Crippen LogP contribution is 2.36. The summed E-state index contributed by atoms with van der Waals surface area (Å²) in [5.41, 5.74) is 1.39. The van der Waals surface area contributed by atoms with Crippen molar-refractivity contribution in [1.82, 2.24) is 18.6 Å². The molecular formula is C18H26N4O3S. The lowest BCUT2D eigenvalue weighted by Crippen LogP contribution is -2.60. The molecule has 0 unspecified atom stereocenters. The second-order valence-electron chi connectivity index (χ2n) is 7.72. The molecule has 2 aromatic rings. The number of rotatable bonds is 3. The van der Waals surface area contributed by atoms with Crippen LogP contribution in [0, 0.1) is 12.8 Å². The molecule has 1 N–H and O–H groups in total. The zero-order chi connectivity index (χ0) is 18.5. The summed E-state index contributed by atoms with van der Waals surface area (Å²) in [5, 5.41) is 11.0. The molecule has 0 spiro atoms. The van der Waals surface area contributed by atoms with E-state index in [1.807, 2.05) is 25.3 Å². The van der Waals surface area contributed by atoms with Crippen LogP contribution in [0.15, 0.2) is 24.4 Å². The normalized spacial score (nSPS) is 28.3. The number of aromatic nitrogens is 2. The van der Waals surface area contributed by atoms with E-state index in [-0.39, 0.29) is 5.92 Å². The minimum absolute atomic E-state index is 0.0605. The second kappa shape index (κ2) is 6.30. The maximum absolute atomic E-state index is 11.9. The van der Waals surface area contributed by atoms with Gasteiger partial charge < -0.3 is 9.51 Å². The lowest BCUT2D eigenvalue weighted by molar-refractivity contribution is -0.103. The average Bonchev–Trinajstić information content (AvgIpc) is 2.90. The predicted molar refractivity (Wildman–Crippen MR) is 99.3 cm³/mol. The molecule has 0 saturated carbocycles. The van der Waals surface area contributed by atoms with Gasteiger partial charge >= 0.3 is 0 Å². The van der Waals surface area contributed by atoms with Gasteiger partial charge in [0.25, 0.3) is 0 Å². The summed E-state index contributed by atoms with van der Waals surface area (Å²) in [7, 11) is -3.22. The molecular weight excluding hydrogens is 352 g/mol. The van der Waals surface area contributed by atoms with Crippen LogP contribution in [0.5, 0.6) is 0 Å². The second-order valence-corrected chi connectivity index (χ2v) is 9.70. The molecule has 0 aromatic carbocycles. The number of pyridine rings is 1. The Hall–Kier alpha value is -1.48. The third-order valence-electron chi connectivity index (χ3n) is 5.96. The van der Waals surface area contributed by atoms with Crippen molar-refractivity contribution in [2.24, 2.45) is 5.92 Å². The Kier molecular flexibility index (Phi) is 4.34. The molecule has 26 heavy (non-hydrogen) atoms. The van der Waals surface area contributed by atoms with Crippen molar-refractivity contribution < 1.29 is 13.5 Å². The van der Waals surface area contributed by atoms with E-state index in [2.05, 4.69) is 15.4 Å². The number of nitrogens with zero attached hydrogens (tertiary/aromatic N) is 4. The van der Waals surface area contributed by atoms with Gasteiger partial charge in [0.15, 0.2) is 0 Å². The summed E-state index contributed by atoms with van der Waals surface area (Å²) in [6.07, 6.45) is 4.46. The highest BCUT2D eigenvalue weighted by molar-refractivity contribution is 7.88. The molecule has 0 radical (unpaired) electrons. The molecule has 2 aliphatic rings. The summed E-state index contributed by atoms with van der Waals surface area (Å²) < 4.78 is 27.4. The van der Waals surface area contributed by atoms with Gasteiger partial charge in [-0.05, 0) is 31.9 Å². The fraction of sp³-hybridized carbons (Fsp3) is 0.611. The van der Waals surface area contributed by atoms with E-state index in [0.29, 0.717) is 39.0 Å². The van der Waals surface area contributed by atoms with Crippen LogP contribution in [0.1, 0.15) is 24.4 Å². The third kappa shape index (κ3) is 3.15. The molecule has 2 aromatic heterocycles. The fourth-order valence-corrected chi connectivity index (χ4v) is 5.25. The lowest BCUT2D eigenvalue weighted by Gasteiger charge is -2.49. The van der Waals surface area contributed by atoms with Gasteiger partial charge in [-0.3, -0.25) is 4.90 Å². The Balaban J connectivity index is 1.53. The van der Waals surface area contributed by atoms with Gasteiger partial charge in [-0.25, -0.2) is 17.7 Å². The zero-order valence-corrected chi connectivity index (χ0v) is 16.1. The predicted octanol–water partition coefficient (Wildman–Crippen LogP) is 0.861. The van der Waals surface area contributed by atoms with E-state index in [1.165, 1.54) is 10.6 Å². The monoisotopic (exact) mass is 378 g/mol. The van der Waals surface area contributed by atoms with Crippen LogP contribution < -0.4 is 0 Å². The zero-order valence-electron chi connectivity index (χ0n) is 15.3. The number of likely N-dealkylation sites (tertiary alicyclic amines) is 1. The Labute approximate surface area is 154 Å². The first-order valence-corrected chi connectivity index (χ1v) is 10.9. The first-order valence-electron chi connectivity index (χ1n) is 9.09. The largest absolute Gasteiger partial charge is 0.389 e. The van der Waals surface area contributed by atoms with Crippen molar-refractivity contribution in [2.45, 2.75) is 31.9 Å². The van der Waals surface area contributed by atoms with Gasteiger partial charge in [0.1, 0.15) is 5.82 Å². The molecule has 0 aliphatic carbocycles. The highest BCUT2D eigenvalue weighted by Gasteiger charge is 2.46. The summed E-state index contributed by atoms with van der Waals surface area (Å²) in [6.45, 7) is 5.01. The van der Waals surface area contributed by atoms with Crippen LogP contribution >= 0.6 is 0 Å². The maximum Gasteiger partial charge on any atom is 0.211 e. The smallest absolute Gasteiger partial charge is 0.211 e. The van der Waals surface area contributed by atoms with Crippen molar-refractivity contribution in [3.8, 4) is 0 Å². The van der Waals surface area contributed by atoms with E-state index >= 15 is 0 Å². The Morgan fingerprint density at radius 1 is 1.27 bits per heavy atom. The van der Waals surface area contributed by atoms with E-state index in [1.54, 1.807) is 0 Å². The van der Waals surface area contributed by atoms with Gasteiger partial charge in [-0.2, -0.15) is 0 Å². The SMILES string of the molecule is Cc1nc(CN2CC[C@@]3(O)CCN(S(C)(=O)=O)C[C@H]3C2)c2ccccn12. The van der Waals surface area contributed by atoms with E-state index < -0.39 is 15.6 Å². The van der Waals surface area contributed by atoms with Crippen LogP contribution in [-0.4, -0.2) is 70.1 Å². The summed E-state index contributed by atoms with van der Waals surface area (Å²) in [4.78, 5) is 7.00. The number of hydrogen-bond donors (Lipinski definition) is 1. The lowest BCUT2D eigenvalue weighted by atomic mass is 9.76. The third-order valence-corrected chi connectivity index (χ3v) is 7.23. The van der Waals surface area contributed by atoms with Gasteiger partial charge in [0.2, 0.25) is 10.0 Å². The molecule has 4 heterocycles. The molecule has 142 valence electrons. The van der Waals surface area contributed by atoms with Crippen LogP contribution in [0.25, 0.3) is 5.52 Å². The van der Waals surface area contributed by atoms with Gasteiger partial charge in [0.05, 0.1) is 23.1 Å². The van der Waals surface area contributed by atoms with Gasteiger partial charge in [0, 0.05) is 44.8 Å². The summed E-state index contributed by atoms with van der Waals surface area (Å²) in [5.74, 6) is 0.903. The van der Waals surface area contributed by atoms with Crippen molar-refractivity contribution in [3.63, 3.8) is 0 Å². The van der Waals surface area contributed by atoms with Crippen LogP contribution in [0.3, 0.4) is 0 Å². The quantitative estimate of drug-likeness (QED) is 0.857. The number of fused-ring (bicyclic) bond motifs is 2. The van der Waals surface area contributed by atoms with Gasteiger partial charge in [-0.1, -0.05) is 6.07 Å². The van der Waals surface area contributed by atoms with Crippen LogP contribution in [0.2, 0.25) is 0 Å². The molecule has 0 amide bonds. The van der Waals surface area contributed by atoms with Crippen molar-refractivity contribution >= 4 is 15.5 Å². The molecule has 0 bridgehead atoms. The molecule has 4 rings (SSSR count). The topological polar surface area (TPSA) is 78.2 Å². The molecule has 8 heteroatoms. The summed E-state index contributed by atoms with van der Waals surface area (Å²) >= 11 is 0. The molecule has 2 atom stereocenters. The minimum Gasteiger partial charge on any atom is -0.389 e.